The fourth-order valence-corrected chi connectivity index (χ4v) is 3.01. The maximum absolute atomic E-state index is 12.6. The lowest BCUT2D eigenvalue weighted by atomic mass is 10.0. The standard InChI is InChI=1S/C19H26N4O3/c1-6-17(16-9-7-12(2)8-10-16)20-19(24)13(3)11-22-15(5)18(23(25)26)14(4)21-22/h7-10,13,17H,6,11H2,1-5H3,(H,20,24). The zero-order valence-corrected chi connectivity index (χ0v) is 15.9. The summed E-state index contributed by atoms with van der Waals surface area (Å²) in [6.07, 6.45) is 0.785. The number of nitrogens with one attached hydrogen (secondary N) is 1. The molecular weight excluding hydrogens is 332 g/mol. The van der Waals surface area contributed by atoms with Gasteiger partial charge < -0.3 is 5.32 Å². The fourth-order valence-electron chi connectivity index (χ4n) is 3.01. The molecule has 26 heavy (non-hydrogen) atoms. The fraction of sp³-hybridized carbons (Fsp3) is 0.474. The molecule has 1 heterocycles. The molecule has 0 fully saturated rings. The van der Waals surface area contributed by atoms with Gasteiger partial charge in [-0.2, -0.15) is 5.10 Å². The normalized spacial score (nSPS) is 13.3. The van der Waals surface area contributed by atoms with Crippen LogP contribution in [0.2, 0.25) is 0 Å². The van der Waals surface area contributed by atoms with Crippen molar-refractivity contribution in [3.63, 3.8) is 0 Å². The molecule has 1 amide bonds. The van der Waals surface area contributed by atoms with Crippen LogP contribution >= 0.6 is 0 Å². The number of hydrogen-bond donors (Lipinski definition) is 1. The van der Waals surface area contributed by atoms with Gasteiger partial charge in [0, 0.05) is 0 Å². The number of amides is 1. The molecule has 1 N–H and O–H groups in total. The molecule has 0 aliphatic heterocycles. The molecule has 1 aromatic heterocycles. The van der Waals surface area contributed by atoms with Crippen LogP contribution in [0.4, 0.5) is 5.69 Å². The lowest BCUT2D eigenvalue weighted by molar-refractivity contribution is -0.386. The number of carbonyl (C=O) groups excluding carboxylic acids is 1. The van der Waals surface area contributed by atoms with E-state index in [2.05, 4.69) is 10.4 Å². The summed E-state index contributed by atoms with van der Waals surface area (Å²) in [7, 11) is 0. The molecular formula is C19H26N4O3. The van der Waals surface area contributed by atoms with E-state index in [1.54, 1.807) is 25.5 Å². The molecule has 0 aliphatic carbocycles. The minimum absolute atomic E-state index is 0.0173. The van der Waals surface area contributed by atoms with Crippen molar-refractivity contribution in [2.45, 2.75) is 53.6 Å². The predicted molar refractivity (Wildman–Crippen MR) is 99.9 cm³/mol. The van der Waals surface area contributed by atoms with Gasteiger partial charge in [0.1, 0.15) is 11.4 Å². The molecule has 140 valence electrons. The van der Waals surface area contributed by atoms with Crippen molar-refractivity contribution >= 4 is 11.6 Å². The number of aryl methyl sites for hydroxylation is 2. The molecule has 0 spiro atoms. The van der Waals surface area contributed by atoms with Crippen LogP contribution in [-0.4, -0.2) is 20.6 Å². The van der Waals surface area contributed by atoms with Gasteiger partial charge in [-0.15, -0.1) is 0 Å². The van der Waals surface area contributed by atoms with Crippen LogP contribution in [0.1, 0.15) is 48.8 Å². The van der Waals surface area contributed by atoms with Crippen molar-refractivity contribution in [1.29, 1.82) is 0 Å². The third-order valence-corrected chi connectivity index (χ3v) is 4.62. The van der Waals surface area contributed by atoms with Crippen LogP contribution in [0, 0.1) is 36.8 Å². The largest absolute Gasteiger partial charge is 0.349 e. The number of aromatic nitrogens is 2. The summed E-state index contributed by atoms with van der Waals surface area (Å²) in [4.78, 5) is 23.3. The minimum Gasteiger partial charge on any atom is -0.349 e. The van der Waals surface area contributed by atoms with Crippen LogP contribution in [-0.2, 0) is 11.3 Å². The van der Waals surface area contributed by atoms with Crippen LogP contribution in [0.3, 0.4) is 0 Å². The van der Waals surface area contributed by atoms with Crippen molar-refractivity contribution < 1.29 is 9.72 Å². The Labute approximate surface area is 153 Å². The first-order valence-corrected chi connectivity index (χ1v) is 8.79. The van der Waals surface area contributed by atoms with E-state index in [1.165, 1.54) is 5.56 Å². The van der Waals surface area contributed by atoms with E-state index in [0.29, 0.717) is 17.9 Å². The Morgan fingerprint density at radius 2 is 1.88 bits per heavy atom. The molecule has 2 rings (SSSR count). The van der Waals surface area contributed by atoms with Gasteiger partial charge in [0.2, 0.25) is 5.91 Å². The highest BCUT2D eigenvalue weighted by atomic mass is 16.6. The van der Waals surface area contributed by atoms with Crippen molar-refractivity contribution in [3.05, 3.63) is 56.9 Å². The number of hydrogen-bond acceptors (Lipinski definition) is 4. The van der Waals surface area contributed by atoms with E-state index in [9.17, 15) is 14.9 Å². The molecule has 0 aliphatic rings. The van der Waals surface area contributed by atoms with E-state index in [1.807, 2.05) is 38.1 Å². The second-order valence-corrected chi connectivity index (χ2v) is 6.74. The smallest absolute Gasteiger partial charge is 0.312 e. The lowest BCUT2D eigenvalue weighted by Gasteiger charge is -2.20. The molecule has 0 saturated heterocycles. The second kappa shape index (κ2) is 8.12. The molecule has 2 unspecified atom stereocenters. The summed E-state index contributed by atoms with van der Waals surface area (Å²) in [5.41, 5.74) is 3.10. The van der Waals surface area contributed by atoms with Gasteiger partial charge in [0.15, 0.2) is 0 Å². The zero-order chi connectivity index (χ0) is 19.4. The number of nitrogens with zero attached hydrogens (tertiary/aromatic N) is 3. The van der Waals surface area contributed by atoms with E-state index < -0.39 is 4.92 Å². The Kier molecular flexibility index (Phi) is 6.13. The topological polar surface area (TPSA) is 90.1 Å². The van der Waals surface area contributed by atoms with Gasteiger partial charge in [0.25, 0.3) is 0 Å². The number of carbonyl (C=O) groups is 1. The molecule has 7 heteroatoms. The number of nitro groups is 1. The Balaban J connectivity index is 2.08. The highest BCUT2D eigenvalue weighted by molar-refractivity contribution is 5.78. The predicted octanol–water partition coefficient (Wildman–Crippen LogP) is 3.62. The monoisotopic (exact) mass is 358 g/mol. The van der Waals surface area contributed by atoms with E-state index >= 15 is 0 Å². The first kappa shape index (κ1) is 19.6. The summed E-state index contributed by atoms with van der Waals surface area (Å²) in [5, 5.41) is 18.4. The molecule has 0 bridgehead atoms. The number of benzene rings is 1. The molecule has 1 aromatic carbocycles. The quantitative estimate of drug-likeness (QED) is 0.604. The van der Waals surface area contributed by atoms with Gasteiger partial charge in [-0.3, -0.25) is 19.6 Å². The summed E-state index contributed by atoms with van der Waals surface area (Å²) in [6.45, 7) is 9.43. The van der Waals surface area contributed by atoms with Crippen LogP contribution < -0.4 is 5.32 Å². The zero-order valence-electron chi connectivity index (χ0n) is 15.9. The highest BCUT2D eigenvalue weighted by Crippen LogP contribution is 2.23. The summed E-state index contributed by atoms with van der Waals surface area (Å²) in [5.74, 6) is -0.445. The van der Waals surface area contributed by atoms with Crippen molar-refractivity contribution in [2.24, 2.45) is 5.92 Å². The van der Waals surface area contributed by atoms with Crippen LogP contribution in [0.15, 0.2) is 24.3 Å². The molecule has 0 saturated carbocycles. The van der Waals surface area contributed by atoms with Gasteiger partial charge in [0.05, 0.1) is 23.4 Å². The third-order valence-electron chi connectivity index (χ3n) is 4.62. The minimum atomic E-state index is -0.427. The Morgan fingerprint density at radius 3 is 2.38 bits per heavy atom. The summed E-state index contributed by atoms with van der Waals surface area (Å²) >= 11 is 0. The summed E-state index contributed by atoms with van der Waals surface area (Å²) in [6, 6.07) is 8.06. The molecule has 2 aromatic rings. The molecule has 7 nitrogen and oxygen atoms in total. The van der Waals surface area contributed by atoms with E-state index in [4.69, 9.17) is 0 Å². The number of rotatable bonds is 7. The average Bonchev–Trinajstić information content (AvgIpc) is 2.87. The Bertz CT molecular complexity index is 796. The first-order chi connectivity index (χ1) is 12.2. The summed E-state index contributed by atoms with van der Waals surface area (Å²) < 4.78 is 1.55. The van der Waals surface area contributed by atoms with Crippen molar-refractivity contribution in [1.82, 2.24) is 15.1 Å². The average molecular weight is 358 g/mol. The van der Waals surface area contributed by atoms with Gasteiger partial charge in [-0.05, 0) is 32.8 Å². The molecule has 0 radical (unpaired) electrons. The molecule has 2 atom stereocenters. The van der Waals surface area contributed by atoms with E-state index in [-0.39, 0.29) is 23.6 Å². The van der Waals surface area contributed by atoms with Gasteiger partial charge in [-0.25, -0.2) is 0 Å². The SMILES string of the molecule is CCC(NC(=O)C(C)Cn1nc(C)c([N+](=O)[O-])c1C)c1ccc(C)cc1. The maximum atomic E-state index is 12.6. The maximum Gasteiger partial charge on any atom is 0.312 e. The Morgan fingerprint density at radius 1 is 1.27 bits per heavy atom. The van der Waals surface area contributed by atoms with Gasteiger partial charge >= 0.3 is 5.69 Å². The van der Waals surface area contributed by atoms with Crippen LogP contribution in [0.25, 0.3) is 0 Å². The highest BCUT2D eigenvalue weighted by Gasteiger charge is 2.25. The Hall–Kier alpha value is -2.70. The van der Waals surface area contributed by atoms with Gasteiger partial charge in [-0.1, -0.05) is 43.7 Å². The lowest BCUT2D eigenvalue weighted by Crippen LogP contribution is -2.34. The van der Waals surface area contributed by atoms with Crippen molar-refractivity contribution in [3.8, 4) is 0 Å². The third kappa shape index (κ3) is 4.28. The van der Waals surface area contributed by atoms with Crippen molar-refractivity contribution in [2.75, 3.05) is 0 Å². The second-order valence-electron chi connectivity index (χ2n) is 6.74. The first-order valence-electron chi connectivity index (χ1n) is 8.79. The van der Waals surface area contributed by atoms with Crippen LogP contribution in [0.5, 0.6) is 0 Å². The van der Waals surface area contributed by atoms with E-state index in [0.717, 1.165) is 12.0 Å².